The highest BCUT2D eigenvalue weighted by Gasteiger charge is 2.16. The molecule has 2 aromatic carbocycles. The standard InChI is InChI=1S/C19H18ClN3O2S/c1-12-3-9-16(10-4-12)26-13(2)19(24)21-11-17-22-18(23-25-17)14-5-7-15(20)8-6-14/h3-10,13H,11H2,1-2H3,(H,21,24)/t13-/m1/s1. The molecule has 1 N–H and O–H groups in total. The fourth-order valence-electron chi connectivity index (χ4n) is 2.22. The first kappa shape index (κ1) is 18.5. The molecule has 1 heterocycles. The number of hydrogen-bond donors (Lipinski definition) is 1. The lowest BCUT2D eigenvalue weighted by Crippen LogP contribution is -2.30. The maximum atomic E-state index is 12.3. The van der Waals surface area contributed by atoms with E-state index in [1.54, 1.807) is 12.1 Å². The molecule has 1 aromatic heterocycles. The number of aromatic nitrogens is 2. The summed E-state index contributed by atoms with van der Waals surface area (Å²) in [6.45, 7) is 4.10. The number of thioether (sulfide) groups is 1. The number of hydrogen-bond acceptors (Lipinski definition) is 5. The summed E-state index contributed by atoms with van der Waals surface area (Å²) in [6.07, 6.45) is 0. The lowest BCUT2D eigenvalue weighted by atomic mass is 10.2. The molecule has 0 bridgehead atoms. The van der Waals surface area contributed by atoms with Crippen LogP contribution in [0.1, 0.15) is 18.4 Å². The zero-order valence-electron chi connectivity index (χ0n) is 14.4. The van der Waals surface area contributed by atoms with E-state index in [-0.39, 0.29) is 17.7 Å². The molecule has 0 aliphatic heterocycles. The van der Waals surface area contributed by atoms with E-state index in [1.807, 2.05) is 50.2 Å². The first-order valence-electron chi connectivity index (χ1n) is 8.11. The molecule has 0 aliphatic carbocycles. The van der Waals surface area contributed by atoms with Gasteiger partial charge in [0.2, 0.25) is 17.6 Å². The molecule has 134 valence electrons. The van der Waals surface area contributed by atoms with E-state index in [0.717, 1.165) is 10.5 Å². The molecule has 0 saturated carbocycles. The average molecular weight is 388 g/mol. The Morgan fingerprint density at radius 3 is 2.58 bits per heavy atom. The van der Waals surface area contributed by atoms with Crippen molar-refractivity contribution in [1.82, 2.24) is 15.5 Å². The molecule has 0 saturated heterocycles. The van der Waals surface area contributed by atoms with E-state index in [2.05, 4.69) is 15.5 Å². The maximum Gasteiger partial charge on any atom is 0.246 e. The molecule has 0 spiro atoms. The van der Waals surface area contributed by atoms with Gasteiger partial charge in [-0.15, -0.1) is 11.8 Å². The third kappa shape index (κ3) is 4.86. The molecule has 1 amide bonds. The van der Waals surface area contributed by atoms with Gasteiger partial charge in [0.05, 0.1) is 11.8 Å². The second-order valence-corrected chi connectivity index (χ2v) is 7.66. The van der Waals surface area contributed by atoms with Crippen molar-refractivity contribution in [2.75, 3.05) is 0 Å². The molecule has 0 aliphatic rings. The predicted molar refractivity (Wildman–Crippen MR) is 103 cm³/mol. The topological polar surface area (TPSA) is 68.0 Å². The van der Waals surface area contributed by atoms with Gasteiger partial charge in [0.25, 0.3) is 0 Å². The summed E-state index contributed by atoms with van der Waals surface area (Å²) in [4.78, 5) is 17.6. The van der Waals surface area contributed by atoms with Crippen LogP contribution in [0.25, 0.3) is 11.4 Å². The Kier molecular flexibility index (Phi) is 5.96. The second-order valence-electron chi connectivity index (χ2n) is 5.81. The van der Waals surface area contributed by atoms with Crippen LogP contribution in [0.3, 0.4) is 0 Å². The summed E-state index contributed by atoms with van der Waals surface area (Å²) in [5.41, 5.74) is 2.00. The van der Waals surface area contributed by atoms with Crippen LogP contribution in [0, 0.1) is 6.92 Å². The van der Waals surface area contributed by atoms with Crippen LogP contribution in [0.5, 0.6) is 0 Å². The Hall–Kier alpha value is -2.31. The Balaban J connectivity index is 1.54. The minimum absolute atomic E-state index is 0.0817. The monoisotopic (exact) mass is 387 g/mol. The number of rotatable bonds is 6. The number of carbonyl (C=O) groups is 1. The first-order valence-corrected chi connectivity index (χ1v) is 9.36. The summed E-state index contributed by atoms with van der Waals surface area (Å²) in [5.74, 6) is 0.741. The largest absolute Gasteiger partial charge is 0.346 e. The van der Waals surface area contributed by atoms with Gasteiger partial charge in [-0.2, -0.15) is 4.98 Å². The third-order valence-electron chi connectivity index (χ3n) is 3.69. The Morgan fingerprint density at radius 2 is 1.88 bits per heavy atom. The van der Waals surface area contributed by atoms with Gasteiger partial charge in [-0.25, -0.2) is 0 Å². The molecule has 3 aromatic rings. The zero-order chi connectivity index (χ0) is 18.5. The SMILES string of the molecule is Cc1ccc(S[C@H](C)C(=O)NCc2nc(-c3ccc(Cl)cc3)no2)cc1. The van der Waals surface area contributed by atoms with Crippen LogP contribution in [0.2, 0.25) is 5.02 Å². The van der Waals surface area contributed by atoms with Crippen LogP contribution in [0.4, 0.5) is 0 Å². The number of nitrogens with zero attached hydrogens (tertiary/aromatic N) is 2. The molecule has 7 heteroatoms. The molecule has 1 atom stereocenters. The fourth-order valence-corrected chi connectivity index (χ4v) is 3.24. The van der Waals surface area contributed by atoms with Crippen LogP contribution < -0.4 is 5.32 Å². The van der Waals surface area contributed by atoms with E-state index in [1.165, 1.54) is 17.3 Å². The number of amides is 1. The van der Waals surface area contributed by atoms with E-state index in [0.29, 0.717) is 16.7 Å². The van der Waals surface area contributed by atoms with Crippen molar-refractivity contribution < 1.29 is 9.32 Å². The molecule has 3 rings (SSSR count). The Morgan fingerprint density at radius 1 is 1.19 bits per heavy atom. The maximum absolute atomic E-state index is 12.3. The van der Waals surface area contributed by atoms with Gasteiger partial charge in [0.15, 0.2) is 0 Å². The average Bonchev–Trinajstić information content (AvgIpc) is 3.11. The molecule has 0 fully saturated rings. The summed E-state index contributed by atoms with van der Waals surface area (Å²) in [7, 11) is 0. The quantitative estimate of drug-likeness (QED) is 0.631. The molecule has 5 nitrogen and oxygen atoms in total. The fraction of sp³-hybridized carbons (Fsp3) is 0.211. The number of halogens is 1. The van der Waals surface area contributed by atoms with Gasteiger partial charge in [0, 0.05) is 15.5 Å². The van der Waals surface area contributed by atoms with Crippen LogP contribution >= 0.6 is 23.4 Å². The van der Waals surface area contributed by atoms with Crippen molar-refractivity contribution in [3.8, 4) is 11.4 Å². The first-order chi connectivity index (χ1) is 12.5. The van der Waals surface area contributed by atoms with E-state index < -0.39 is 0 Å². The number of aryl methyl sites for hydroxylation is 1. The number of carbonyl (C=O) groups excluding carboxylic acids is 1. The van der Waals surface area contributed by atoms with Crippen LogP contribution in [-0.2, 0) is 11.3 Å². The third-order valence-corrected chi connectivity index (χ3v) is 5.05. The van der Waals surface area contributed by atoms with Gasteiger partial charge in [-0.1, -0.05) is 34.5 Å². The zero-order valence-corrected chi connectivity index (χ0v) is 16.0. The van der Waals surface area contributed by atoms with Crippen molar-refractivity contribution in [2.45, 2.75) is 30.5 Å². The van der Waals surface area contributed by atoms with E-state index in [4.69, 9.17) is 16.1 Å². The molecule has 0 unspecified atom stereocenters. The highest BCUT2D eigenvalue weighted by molar-refractivity contribution is 8.00. The van der Waals surface area contributed by atoms with E-state index in [9.17, 15) is 4.79 Å². The van der Waals surface area contributed by atoms with Gasteiger partial charge >= 0.3 is 0 Å². The summed E-state index contributed by atoms with van der Waals surface area (Å²) in [5, 5.41) is 7.17. The normalized spacial score (nSPS) is 12.0. The van der Waals surface area contributed by atoms with Gasteiger partial charge in [0.1, 0.15) is 0 Å². The minimum atomic E-state index is -0.226. The highest BCUT2D eigenvalue weighted by Crippen LogP contribution is 2.23. The lowest BCUT2D eigenvalue weighted by molar-refractivity contribution is -0.120. The molecular formula is C19H18ClN3O2S. The van der Waals surface area contributed by atoms with Gasteiger partial charge in [-0.05, 0) is 50.2 Å². The molecule has 0 radical (unpaired) electrons. The second kappa shape index (κ2) is 8.38. The van der Waals surface area contributed by atoms with Gasteiger partial charge < -0.3 is 9.84 Å². The van der Waals surface area contributed by atoms with Crippen molar-refractivity contribution in [3.05, 3.63) is 65.0 Å². The number of nitrogens with one attached hydrogen (secondary N) is 1. The Labute approximate surface area is 161 Å². The molecular weight excluding hydrogens is 370 g/mol. The van der Waals surface area contributed by atoms with Crippen LogP contribution in [0.15, 0.2) is 57.9 Å². The lowest BCUT2D eigenvalue weighted by Gasteiger charge is -2.10. The van der Waals surface area contributed by atoms with Crippen LogP contribution in [-0.4, -0.2) is 21.3 Å². The van der Waals surface area contributed by atoms with E-state index >= 15 is 0 Å². The van der Waals surface area contributed by atoms with Crippen molar-refractivity contribution >= 4 is 29.3 Å². The smallest absolute Gasteiger partial charge is 0.246 e. The summed E-state index contributed by atoms with van der Waals surface area (Å²) < 4.78 is 5.20. The van der Waals surface area contributed by atoms with Crippen molar-refractivity contribution in [2.24, 2.45) is 0 Å². The van der Waals surface area contributed by atoms with Crippen molar-refractivity contribution in [1.29, 1.82) is 0 Å². The Bertz CT molecular complexity index is 879. The highest BCUT2D eigenvalue weighted by atomic mass is 35.5. The van der Waals surface area contributed by atoms with Gasteiger partial charge in [-0.3, -0.25) is 4.79 Å². The molecule has 26 heavy (non-hydrogen) atoms. The summed E-state index contributed by atoms with van der Waals surface area (Å²) in [6, 6.07) is 15.2. The van der Waals surface area contributed by atoms with Crippen molar-refractivity contribution in [3.63, 3.8) is 0 Å². The summed E-state index contributed by atoms with van der Waals surface area (Å²) >= 11 is 7.38. The predicted octanol–water partition coefficient (Wildman–Crippen LogP) is 4.50. The number of benzene rings is 2. The minimum Gasteiger partial charge on any atom is -0.346 e.